The van der Waals surface area contributed by atoms with Gasteiger partial charge in [0.1, 0.15) is 6.10 Å². The highest BCUT2D eigenvalue weighted by atomic mass is 16.5. The van der Waals surface area contributed by atoms with Crippen molar-refractivity contribution in [2.45, 2.75) is 52.1 Å². The van der Waals surface area contributed by atoms with Crippen LogP contribution in [-0.2, 0) is 4.79 Å². The maximum absolute atomic E-state index is 12.8. The Balaban J connectivity index is 1.51. The van der Waals surface area contributed by atoms with Crippen LogP contribution < -0.4 is 4.74 Å². The molecular formula is C20H27N3O2. The highest BCUT2D eigenvalue weighted by molar-refractivity contribution is 5.79. The Labute approximate surface area is 150 Å². The lowest BCUT2D eigenvalue weighted by molar-refractivity contribution is -0.136. The fourth-order valence-electron chi connectivity index (χ4n) is 4.03. The summed E-state index contributed by atoms with van der Waals surface area (Å²) in [7, 11) is 0. The predicted molar refractivity (Wildman–Crippen MR) is 94.9 cm³/mol. The number of nitrogens with zero attached hydrogens (tertiary/aromatic N) is 3. The third kappa shape index (κ3) is 4.31. The summed E-state index contributed by atoms with van der Waals surface area (Å²) in [6.07, 6.45) is 6.77. The Kier molecular flexibility index (Phi) is 5.57. The first-order valence-electron chi connectivity index (χ1n) is 9.38. The van der Waals surface area contributed by atoms with E-state index in [1.54, 1.807) is 18.3 Å². The molecule has 5 heteroatoms. The predicted octanol–water partition coefficient (Wildman–Crippen LogP) is 3.40. The molecule has 3 rings (SSSR count). The second kappa shape index (κ2) is 7.86. The van der Waals surface area contributed by atoms with Crippen molar-refractivity contribution in [1.29, 1.82) is 5.26 Å². The standard InChI is InChI=1S/C20H27N3O2/c1-14(2)16-3-5-17(6-4-16)20(24)23-10-8-18(13-23)25-19-11-15(12-21)7-9-22-19/h7,9,11,14,16-18H,3-6,8,10,13H2,1-2H3. The lowest BCUT2D eigenvalue weighted by atomic mass is 9.76. The molecule has 0 bridgehead atoms. The van der Waals surface area contributed by atoms with Gasteiger partial charge < -0.3 is 9.64 Å². The monoisotopic (exact) mass is 341 g/mol. The van der Waals surface area contributed by atoms with Crippen LogP contribution in [0.1, 0.15) is 51.5 Å². The van der Waals surface area contributed by atoms with Gasteiger partial charge in [-0.2, -0.15) is 5.26 Å². The molecule has 134 valence electrons. The zero-order chi connectivity index (χ0) is 17.8. The highest BCUT2D eigenvalue weighted by Crippen LogP contribution is 2.34. The number of carbonyl (C=O) groups excluding carboxylic acids is 1. The second-order valence-corrected chi connectivity index (χ2v) is 7.66. The van der Waals surface area contributed by atoms with E-state index in [4.69, 9.17) is 10.00 Å². The number of pyridine rings is 1. The van der Waals surface area contributed by atoms with Gasteiger partial charge in [-0.25, -0.2) is 4.98 Å². The van der Waals surface area contributed by atoms with Gasteiger partial charge in [0.25, 0.3) is 0 Å². The SMILES string of the molecule is CC(C)C1CCC(C(=O)N2CCC(Oc3cc(C#N)ccn3)C2)CC1. The fraction of sp³-hybridized carbons (Fsp3) is 0.650. The van der Waals surface area contributed by atoms with Crippen molar-refractivity contribution in [3.63, 3.8) is 0 Å². The van der Waals surface area contributed by atoms with E-state index in [9.17, 15) is 4.79 Å². The first-order chi connectivity index (χ1) is 12.1. The Morgan fingerprint density at radius 2 is 2.08 bits per heavy atom. The minimum atomic E-state index is -0.0302. The van der Waals surface area contributed by atoms with Gasteiger partial charge in [-0.3, -0.25) is 4.79 Å². The molecule has 1 aromatic rings. The average molecular weight is 341 g/mol. The van der Waals surface area contributed by atoms with Crippen LogP contribution in [0, 0.1) is 29.1 Å². The minimum Gasteiger partial charge on any atom is -0.472 e. The molecule has 0 radical (unpaired) electrons. The topological polar surface area (TPSA) is 66.2 Å². The van der Waals surface area contributed by atoms with E-state index in [0.717, 1.165) is 37.6 Å². The van der Waals surface area contributed by atoms with Crippen molar-refractivity contribution in [2.75, 3.05) is 13.1 Å². The summed E-state index contributed by atoms with van der Waals surface area (Å²) < 4.78 is 5.88. The lowest BCUT2D eigenvalue weighted by Crippen LogP contribution is -2.37. The summed E-state index contributed by atoms with van der Waals surface area (Å²) >= 11 is 0. The first-order valence-corrected chi connectivity index (χ1v) is 9.38. The van der Waals surface area contributed by atoms with Crippen molar-refractivity contribution in [1.82, 2.24) is 9.88 Å². The van der Waals surface area contributed by atoms with E-state index in [1.807, 2.05) is 4.90 Å². The van der Waals surface area contributed by atoms with Crippen LogP contribution in [0.15, 0.2) is 18.3 Å². The molecule has 1 amide bonds. The number of hydrogen-bond donors (Lipinski definition) is 0. The molecule has 1 atom stereocenters. The maximum atomic E-state index is 12.8. The molecule has 2 aliphatic rings. The molecule has 0 N–H and O–H groups in total. The normalized spacial score (nSPS) is 26.5. The van der Waals surface area contributed by atoms with Gasteiger partial charge in [0.2, 0.25) is 11.8 Å². The van der Waals surface area contributed by atoms with Crippen LogP contribution in [0.3, 0.4) is 0 Å². The summed E-state index contributed by atoms with van der Waals surface area (Å²) in [5, 5.41) is 8.95. The van der Waals surface area contributed by atoms with Crippen molar-refractivity contribution < 1.29 is 9.53 Å². The highest BCUT2D eigenvalue weighted by Gasteiger charge is 2.34. The molecule has 1 aliphatic carbocycles. The van der Waals surface area contributed by atoms with Crippen LogP contribution in [-0.4, -0.2) is 35.0 Å². The van der Waals surface area contributed by atoms with E-state index in [1.165, 1.54) is 12.8 Å². The number of amides is 1. The zero-order valence-corrected chi connectivity index (χ0v) is 15.1. The molecule has 0 aromatic carbocycles. The van der Waals surface area contributed by atoms with Gasteiger partial charge in [-0.1, -0.05) is 13.8 Å². The van der Waals surface area contributed by atoms with E-state index in [-0.39, 0.29) is 12.0 Å². The largest absolute Gasteiger partial charge is 0.472 e. The molecule has 2 heterocycles. The van der Waals surface area contributed by atoms with Crippen LogP contribution >= 0.6 is 0 Å². The number of ether oxygens (including phenoxy) is 1. The van der Waals surface area contributed by atoms with E-state index in [0.29, 0.717) is 23.9 Å². The van der Waals surface area contributed by atoms with Crippen LogP contribution in [0.4, 0.5) is 0 Å². The van der Waals surface area contributed by atoms with Crippen LogP contribution in [0.25, 0.3) is 0 Å². The van der Waals surface area contributed by atoms with E-state index in [2.05, 4.69) is 24.9 Å². The van der Waals surface area contributed by atoms with Gasteiger partial charge in [0, 0.05) is 31.1 Å². The summed E-state index contributed by atoms with van der Waals surface area (Å²) in [6, 6.07) is 5.40. The molecule has 1 aliphatic heterocycles. The molecule has 25 heavy (non-hydrogen) atoms. The Morgan fingerprint density at radius 3 is 2.76 bits per heavy atom. The fourth-order valence-corrected chi connectivity index (χ4v) is 4.03. The van der Waals surface area contributed by atoms with Crippen LogP contribution in [0.2, 0.25) is 0 Å². The van der Waals surface area contributed by atoms with Crippen molar-refractivity contribution >= 4 is 5.91 Å². The molecule has 1 saturated heterocycles. The molecule has 0 spiro atoms. The Morgan fingerprint density at radius 1 is 1.32 bits per heavy atom. The van der Waals surface area contributed by atoms with Gasteiger partial charge in [0.15, 0.2) is 0 Å². The number of nitriles is 1. The minimum absolute atomic E-state index is 0.0302. The number of aromatic nitrogens is 1. The maximum Gasteiger partial charge on any atom is 0.225 e. The third-order valence-electron chi connectivity index (χ3n) is 5.67. The molecule has 1 unspecified atom stereocenters. The van der Waals surface area contributed by atoms with Crippen LogP contribution in [0.5, 0.6) is 5.88 Å². The zero-order valence-electron chi connectivity index (χ0n) is 15.1. The van der Waals surface area contributed by atoms with Gasteiger partial charge in [0.05, 0.1) is 18.2 Å². The molecular weight excluding hydrogens is 314 g/mol. The lowest BCUT2D eigenvalue weighted by Gasteiger charge is -2.32. The van der Waals surface area contributed by atoms with Gasteiger partial charge in [-0.15, -0.1) is 0 Å². The molecule has 2 fully saturated rings. The Hall–Kier alpha value is -2.09. The summed E-state index contributed by atoms with van der Waals surface area (Å²) in [4.78, 5) is 18.9. The van der Waals surface area contributed by atoms with Crippen molar-refractivity contribution in [3.8, 4) is 11.9 Å². The second-order valence-electron chi connectivity index (χ2n) is 7.66. The van der Waals surface area contributed by atoms with Gasteiger partial charge in [-0.05, 0) is 43.6 Å². The van der Waals surface area contributed by atoms with Crippen molar-refractivity contribution in [3.05, 3.63) is 23.9 Å². The van der Waals surface area contributed by atoms with E-state index < -0.39 is 0 Å². The Bertz CT molecular complexity index is 645. The summed E-state index contributed by atoms with van der Waals surface area (Å²) in [5.41, 5.74) is 0.540. The molecule has 1 saturated carbocycles. The van der Waals surface area contributed by atoms with Crippen molar-refractivity contribution in [2.24, 2.45) is 17.8 Å². The number of carbonyl (C=O) groups is 1. The quantitative estimate of drug-likeness (QED) is 0.842. The molecule has 1 aromatic heterocycles. The average Bonchev–Trinajstić information content (AvgIpc) is 3.09. The smallest absolute Gasteiger partial charge is 0.225 e. The van der Waals surface area contributed by atoms with Gasteiger partial charge >= 0.3 is 0 Å². The van der Waals surface area contributed by atoms with E-state index >= 15 is 0 Å². The summed E-state index contributed by atoms with van der Waals surface area (Å²) in [5.74, 6) is 2.45. The summed E-state index contributed by atoms with van der Waals surface area (Å²) in [6.45, 7) is 5.95. The first kappa shape index (κ1) is 17.7. The number of hydrogen-bond acceptors (Lipinski definition) is 4. The molecule has 5 nitrogen and oxygen atoms in total. The third-order valence-corrected chi connectivity index (χ3v) is 5.67. The number of rotatable bonds is 4. The number of likely N-dealkylation sites (tertiary alicyclic amines) is 1.